The predicted octanol–water partition coefficient (Wildman–Crippen LogP) is 1.97. The number of nitrogens with one attached hydrogen (secondary N) is 2. The van der Waals surface area contributed by atoms with Crippen molar-refractivity contribution in [1.82, 2.24) is 10.0 Å². The highest BCUT2D eigenvalue weighted by Gasteiger charge is 2.21. The Morgan fingerprint density at radius 3 is 2.38 bits per heavy atom. The van der Waals surface area contributed by atoms with Crippen LogP contribution in [-0.4, -0.2) is 26.9 Å². The van der Waals surface area contributed by atoms with Crippen LogP contribution in [0.1, 0.15) is 38.7 Å². The Kier molecular flexibility index (Phi) is 6.84. The fourth-order valence-corrected chi connectivity index (χ4v) is 3.01. The minimum atomic E-state index is -3.67. The Hall–Kier alpha value is -1.40. The summed E-state index contributed by atoms with van der Waals surface area (Å²) in [7, 11) is -3.67. The number of aryl methyl sites for hydroxylation is 1. The molecule has 0 saturated heterocycles. The van der Waals surface area contributed by atoms with Crippen LogP contribution < -0.4 is 10.0 Å². The van der Waals surface area contributed by atoms with Crippen LogP contribution in [-0.2, 0) is 14.8 Å². The number of benzene rings is 1. The summed E-state index contributed by atoms with van der Waals surface area (Å²) >= 11 is 0. The average Bonchev–Trinajstić information content (AvgIpc) is 2.43. The largest absolute Gasteiger partial charge is 0.355 e. The molecule has 0 heterocycles. The van der Waals surface area contributed by atoms with E-state index in [1.165, 1.54) is 12.1 Å². The Balaban J connectivity index is 2.58. The van der Waals surface area contributed by atoms with Crippen LogP contribution >= 0.6 is 0 Å². The molecule has 118 valence electrons. The van der Waals surface area contributed by atoms with Crippen molar-refractivity contribution in [2.45, 2.75) is 51.0 Å². The fraction of sp³-hybridized carbons (Fsp3) is 0.533. The molecule has 0 radical (unpaired) electrons. The van der Waals surface area contributed by atoms with E-state index >= 15 is 0 Å². The molecule has 0 aromatic heterocycles. The van der Waals surface area contributed by atoms with Gasteiger partial charge in [-0.3, -0.25) is 4.79 Å². The van der Waals surface area contributed by atoms with E-state index in [2.05, 4.69) is 17.0 Å². The van der Waals surface area contributed by atoms with Gasteiger partial charge in [0.15, 0.2) is 0 Å². The van der Waals surface area contributed by atoms with Crippen LogP contribution in [0.5, 0.6) is 0 Å². The monoisotopic (exact) mass is 312 g/mol. The minimum absolute atomic E-state index is 0.165. The number of amides is 1. The Morgan fingerprint density at radius 1 is 1.19 bits per heavy atom. The van der Waals surface area contributed by atoms with E-state index < -0.39 is 16.1 Å². The summed E-state index contributed by atoms with van der Waals surface area (Å²) in [6.45, 7) is 6.08. The molecule has 0 aliphatic rings. The van der Waals surface area contributed by atoms with E-state index in [1.807, 2.05) is 6.92 Å². The zero-order valence-corrected chi connectivity index (χ0v) is 13.7. The maximum Gasteiger partial charge on any atom is 0.241 e. The van der Waals surface area contributed by atoms with E-state index in [4.69, 9.17) is 0 Å². The number of rotatable bonds is 8. The standard InChI is InChI=1S/C15H24N2O3S/c1-4-5-6-11-16-15(18)13(3)17-21(19,20)14-9-7-12(2)8-10-14/h7-10,13,17H,4-6,11H2,1-3H3,(H,16,18)/t13-/m0/s1. The summed E-state index contributed by atoms with van der Waals surface area (Å²) in [5.74, 6) is -0.304. The molecule has 5 nitrogen and oxygen atoms in total. The first-order chi connectivity index (χ1) is 9.86. The van der Waals surface area contributed by atoms with Gasteiger partial charge in [0.25, 0.3) is 0 Å². The van der Waals surface area contributed by atoms with Crippen molar-refractivity contribution in [3.8, 4) is 0 Å². The first-order valence-corrected chi connectivity index (χ1v) is 8.72. The quantitative estimate of drug-likeness (QED) is 0.721. The zero-order chi connectivity index (χ0) is 15.9. The molecule has 2 N–H and O–H groups in total. The van der Waals surface area contributed by atoms with Crippen molar-refractivity contribution < 1.29 is 13.2 Å². The van der Waals surface area contributed by atoms with Gasteiger partial charge in [-0.05, 0) is 32.4 Å². The first kappa shape index (κ1) is 17.7. The van der Waals surface area contributed by atoms with Crippen molar-refractivity contribution in [3.05, 3.63) is 29.8 Å². The molecule has 1 atom stereocenters. The molecule has 1 rings (SSSR count). The Bertz CT molecular complexity index is 553. The van der Waals surface area contributed by atoms with Crippen LogP contribution in [0.3, 0.4) is 0 Å². The third-order valence-corrected chi connectivity index (χ3v) is 4.69. The second kappa shape index (κ2) is 8.14. The fourth-order valence-electron chi connectivity index (χ4n) is 1.81. The summed E-state index contributed by atoms with van der Waals surface area (Å²) < 4.78 is 26.7. The summed E-state index contributed by atoms with van der Waals surface area (Å²) in [5.41, 5.74) is 0.982. The normalized spacial score (nSPS) is 12.9. The van der Waals surface area contributed by atoms with Crippen molar-refractivity contribution in [3.63, 3.8) is 0 Å². The van der Waals surface area contributed by atoms with Crippen LogP contribution in [0.2, 0.25) is 0 Å². The van der Waals surface area contributed by atoms with E-state index in [0.29, 0.717) is 6.54 Å². The predicted molar refractivity (Wildman–Crippen MR) is 83.5 cm³/mol. The second-order valence-corrected chi connectivity index (χ2v) is 6.87. The maximum atomic E-state index is 12.1. The Labute approximate surface area is 127 Å². The molecule has 1 aromatic carbocycles. The van der Waals surface area contributed by atoms with Gasteiger partial charge in [-0.25, -0.2) is 8.42 Å². The van der Waals surface area contributed by atoms with Crippen molar-refractivity contribution in [2.24, 2.45) is 0 Å². The Morgan fingerprint density at radius 2 is 1.81 bits per heavy atom. The molecule has 0 bridgehead atoms. The third kappa shape index (κ3) is 5.85. The topological polar surface area (TPSA) is 75.3 Å². The van der Waals surface area contributed by atoms with Gasteiger partial charge in [-0.1, -0.05) is 37.5 Å². The lowest BCUT2D eigenvalue weighted by molar-refractivity contribution is -0.122. The lowest BCUT2D eigenvalue weighted by Gasteiger charge is -2.14. The minimum Gasteiger partial charge on any atom is -0.355 e. The van der Waals surface area contributed by atoms with Gasteiger partial charge in [0.05, 0.1) is 10.9 Å². The van der Waals surface area contributed by atoms with Crippen LogP contribution in [0, 0.1) is 6.92 Å². The summed E-state index contributed by atoms with van der Waals surface area (Å²) in [6.07, 6.45) is 3.02. The van der Waals surface area contributed by atoms with E-state index in [0.717, 1.165) is 24.8 Å². The average molecular weight is 312 g/mol. The third-order valence-electron chi connectivity index (χ3n) is 3.14. The van der Waals surface area contributed by atoms with Crippen LogP contribution in [0.4, 0.5) is 0 Å². The molecule has 0 spiro atoms. The van der Waals surface area contributed by atoms with Gasteiger partial charge in [0, 0.05) is 6.54 Å². The van der Waals surface area contributed by atoms with Gasteiger partial charge in [0.1, 0.15) is 0 Å². The number of sulfonamides is 1. The molecule has 0 fully saturated rings. The maximum absolute atomic E-state index is 12.1. The number of hydrogen-bond acceptors (Lipinski definition) is 3. The molecule has 0 saturated carbocycles. The number of carbonyl (C=O) groups is 1. The van der Waals surface area contributed by atoms with Crippen molar-refractivity contribution in [2.75, 3.05) is 6.54 Å². The van der Waals surface area contributed by atoms with Gasteiger partial charge in [0.2, 0.25) is 15.9 Å². The van der Waals surface area contributed by atoms with Gasteiger partial charge >= 0.3 is 0 Å². The van der Waals surface area contributed by atoms with Crippen molar-refractivity contribution >= 4 is 15.9 Å². The summed E-state index contributed by atoms with van der Waals surface area (Å²) in [6, 6.07) is 5.72. The van der Waals surface area contributed by atoms with Crippen LogP contribution in [0.15, 0.2) is 29.2 Å². The molecule has 1 aromatic rings. The molecule has 6 heteroatoms. The highest BCUT2D eigenvalue weighted by Crippen LogP contribution is 2.10. The first-order valence-electron chi connectivity index (χ1n) is 7.23. The lowest BCUT2D eigenvalue weighted by atomic mass is 10.2. The highest BCUT2D eigenvalue weighted by atomic mass is 32.2. The smallest absolute Gasteiger partial charge is 0.241 e. The van der Waals surface area contributed by atoms with E-state index in [9.17, 15) is 13.2 Å². The number of unbranched alkanes of at least 4 members (excludes halogenated alkanes) is 2. The number of hydrogen-bond donors (Lipinski definition) is 2. The second-order valence-electron chi connectivity index (χ2n) is 5.15. The van der Waals surface area contributed by atoms with Gasteiger partial charge < -0.3 is 5.32 Å². The van der Waals surface area contributed by atoms with Crippen LogP contribution in [0.25, 0.3) is 0 Å². The molecule has 21 heavy (non-hydrogen) atoms. The molecule has 1 amide bonds. The molecule has 0 aliphatic heterocycles. The molecular weight excluding hydrogens is 288 g/mol. The van der Waals surface area contributed by atoms with E-state index in [1.54, 1.807) is 19.1 Å². The zero-order valence-electron chi connectivity index (χ0n) is 12.8. The SMILES string of the molecule is CCCCCNC(=O)[C@H](C)NS(=O)(=O)c1ccc(C)cc1. The number of carbonyl (C=O) groups excluding carboxylic acids is 1. The van der Waals surface area contributed by atoms with Gasteiger partial charge in [-0.2, -0.15) is 4.72 Å². The van der Waals surface area contributed by atoms with Gasteiger partial charge in [-0.15, -0.1) is 0 Å². The summed E-state index contributed by atoms with van der Waals surface area (Å²) in [4.78, 5) is 12.0. The molecular formula is C15H24N2O3S. The lowest BCUT2D eigenvalue weighted by Crippen LogP contribution is -2.44. The molecule has 0 unspecified atom stereocenters. The highest BCUT2D eigenvalue weighted by molar-refractivity contribution is 7.89. The summed E-state index contributed by atoms with van der Waals surface area (Å²) in [5, 5.41) is 2.73. The van der Waals surface area contributed by atoms with Crippen molar-refractivity contribution in [1.29, 1.82) is 0 Å². The van der Waals surface area contributed by atoms with E-state index in [-0.39, 0.29) is 10.8 Å². The molecule has 0 aliphatic carbocycles.